The van der Waals surface area contributed by atoms with E-state index in [0.717, 1.165) is 4.90 Å². The number of aliphatic carboxylic acids is 1. The Bertz CT molecular complexity index is 874. The maximum Gasteiger partial charge on any atom is 0.414 e. The molecular formula is C13H10N4O5S. The largest absolute Gasteiger partial charge is 0.478 e. The van der Waals surface area contributed by atoms with Crippen LogP contribution in [0.3, 0.4) is 0 Å². The molecule has 2 aromatic rings. The molecule has 0 bridgehead atoms. The zero-order valence-electron chi connectivity index (χ0n) is 11.7. The molecule has 0 radical (unpaired) electrons. The van der Waals surface area contributed by atoms with Crippen LogP contribution in [-0.2, 0) is 4.79 Å². The maximum atomic E-state index is 11.7. The first-order chi connectivity index (χ1) is 10.9. The van der Waals surface area contributed by atoms with Crippen molar-refractivity contribution in [3.8, 4) is 0 Å². The topological polar surface area (TPSA) is 129 Å². The zero-order chi connectivity index (χ0) is 16.7. The zero-order valence-corrected chi connectivity index (χ0v) is 12.5. The lowest BCUT2D eigenvalue weighted by Gasteiger charge is -2.35. The lowest BCUT2D eigenvalue weighted by Crippen LogP contribution is -2.50. The van der Waals surface area contributed by atoms with Crippen LogP contribution in [0.4, 0.5) is 4.79 Å². The van der Waals surface area contributed by atoms with Gasteiger partial charge in [0, 0.05) is 11.3 Å². The van der Waals surface area contributed by atoms with Gasteiger partial charge in [-0.15, -0.1) is 0 Å². The number of carboxylic acids is 1. The number of carbonyl (C=O) groups is 2. The highest BCUT2D eigenvalue weighted by atomic mass is 32.1. The van der Waals surface area contributed by atoms with Gasteiger partial charge in [0.1, 0.15) is 17.1 Å². The van der Waals surface area contributed by atoms with E-state index in [4.69, 9.17) is 12.2 Å². The maximum absolute atomic E-state index is 11.7. The van der Waals surface area contributed by atoms with Gasteiger partial charge in [-0.3, -0.25) is 0 Å². The summed E-state index contributed by atoms with van der Waals surface area (Å²) in [5.41, 5.74) is 1.11. The Balaban J connectivity index is 2.31. The van der Waals surface area contributed by atoms with E-state index in [1.165, 1.54) is 6.92 Å². The van der Waals surface area contributed by atoms with Crippen LogP contribution in [0.25, 0.3) is 11.0 Å². The van der Waals surface area contributed by atoms with E-state index in [1.807, 2.05) is 0 Å². The van der Waals surface area contributed by atoms with Crippen molar-refractivity contribution < 1.29 is 24.4 Å². The van der Waals surface area contributed by atoms with Gasteiger partial charge in [0.2, 0.25) is 0 Å². The molecule has 1 unspecified atom stereocenters. The van der Waals surface area contributed by atoms with Crippen molar-refractivity contribution in [2.45, 2.75) is 13.0 Å². The number of thiocarbonyl (C=S) groups is 1. The SMILES string of the molecule is CC1=C(C(=O)O)C(c2cccc3nonc23)N(C(=O)O)C(=S)N1. The Hall–Kier alpha value is -3.01. The first-order valence-corrected chi connectivity index (χ1v) is 6.81. The van der Waals surface area contributed by atoms with E-state index < -0.39 is 18.1 Å². The molecule has 1 amide bonds. The number of hydrogen-bond donors (Lipinski definition) is 3. The van der Waals surface area contributed by atoms with E-state index in [9.17, 15) is 19.8 Å². The van der Waals surface area contributed by atoms with Gasteiger partial charge in [0.15, 0.2) is 5.11 Å². The van der Waals surface area contributed by atoms with E-state index in [1.54, 1.807) is 18.2 Å². The summed E-state index contributed by atoms with van der Waals surface area (Å²) in [4.78, 5) is 24.1. The van der Waals surface area contributed by atoms with Crippen LogP contribution in [0.1, 0.15) is 18.5 Å². The van der Waals surface area contributed by atoms with Crippen molar-refractivity contribution in [2.24, 2.45) is 0 Å². The fourth-order valence-electron chi connectivity index (χ4n) is 2.56. The van der Waals surface area contributed by atoms with Gasteiger partial charge in [0.25, 0.3) is 0 Å². The monoisotopic (exact) mass is 334 g/mol. The number of fused-ring (bicyclic) bond motifs is 1. The van der Waals surface area contributed by atoms with Crippen molar-refractivity contribution in [1.29, 1.82) is 0 Å². The molecule has 0 saturated carbocycles. The molecule has 9 nitrogen and oxygen atoms in total. The summed E-state index contributed by atoms with van der Waals surface area (Å²) in [5, 5.41) is 28.9. The summed E-state index contributed by atoms with van der Waals surface area (Å²) in [6, 6.07) is 3.64. The normalized spacial score (nSPS) is 18.2. The van der Waals surface area contributed by atoms with Crippen LogP contribution in [0.2, 0.25) is 0 Å². The van der Waals surface area contributed by atoms with Crippen LogP contribution in [0.15, 0.2) is 34.1 Å². The number of hydrogen-bond acceptors (Lipinski definition) is 6. The van der Waals surface area contributed by atoms with Crippen molar-refractivity contribution >= 4 is 40.4 Å². The Morgan fingerprint density at radius 3 is 2.74 bits per heavy atom. The number of rotatable bonds is 2. The first kappa shape index (κ1) is 14.9. The Morgan fingerprint density at radius 2 is 2.09 bits per heavy atom. The van der Waals surface area contributed by atoms with Crippen molar-refractivity contribution in [3.05, 3.63) is 35.0 Å². The van der Waals surface area contributed by atoms with E-state index >= 15 is 0 Å². The van der Waals surface area contributed by atoms with Crippen molar-refractivity contribution in [3.63, 3.8) is 0 Å². The highest BCUT2D eigenvalue weighted by Crippen LogP contribution is 2.36. The van der Waals surface area contributed by atoms with Gasteiger partial charge in [-0.2, -0.15) is 0 Å². The number of allylic oxidation sites excluding steroid dienone is 1. The fraction of sp³-hybridized carbons (Fsp3) is 0.154. The van der Waals surface area contributed by atoms with Crippen LogP contribution < -0.4 is 5.32 Å². The Labute approximate surface area is 134 Å². The molecule has 3 N–H and O–H groups in total. The molecule has 118 valence electrons. The van der Waals surface area contributed by atoms with Gasteiger partial charge in [-0.1, -0.05) is 12.1 Å². The van der Waals surface area contributed by atoms with Gasteiger partial charge >= 0.3 is 12.1 Å². The second-order valence-corrected chi connectivity index (χ2v) is 5.19. The lowest BCUT2D eigenvalue weighted by atomic mass is 9.93. The molecule has 1 aliphatic heterocycles. The molecule has 10 heteroatoms. The highest BCUT2D eigenvalue weighted by Gasteiger charge is 2.40. The fourth-order valence-corrected chi connectivity index (χ4v) is 2.89. The van der Waals surface area contributed by atoms with Crippen LogP contribution >= 0.6 is 12.2 Å². The lowest BCUT2D eigenvalue weighted by molar-refractivity contribution is -0.133. The predicted octanol–water partition coefficient (Wildman–Crippen LogP) is 1.49. The number of nitrogens with one attached hydrogen (secondary N) is 1. The molecule has 1 aromatic carbocycles. The van der Waals surface area contributed by atoms with Crippen molar-refractivity contribution in [1.82, 2.24) is 20.5 Å². The standard InChI is InChI=1S/C13H10N4O5S/c1-5-8(11(18)19)10(17(13(20)21)12(23)14-5)6-3-2-4-7-9(6)16-22-15-7/h2-4,10H,1H3,(H,14,23)(H,18,19)(H,20,21). The molecule has 1 aliphatic rings. The molecule has 0 fully saturated rings. The molecule has 3 rings (SSSR count). The average Bonchev–Trinajstić information content (AvgIpc) is 2.93. The summed E-state index contributed by atoms with van der Waals surface area (Å²) < 4.78 is 4.66. The van der Waals surface area contributed by atoms with Gasteiger partial charge < -0.3 is 15.5 Å². The smallest absolute Gasteiger partial charge is 0.414 e. The summed E-state index contributed by atoms with van der Waals surface area (Å²) in [7, 11) is 0. The number of aromatic nitrogens is 2. The minimum atomic E-state index is -1.38. The summed E-state index contributed by atoms with van der Waals surface area (Å²) in [5.74, 6) is -1.26. The van der Waals surface area contributed by atoms with Gasteiger partial charge in [0.05, 0.1) is 5.57 Å². The van der Waals surface area contributed by atoms with Gasteiger partial charge in [-0.05, 0) is 35.5 Å². The summed E-state index contributed by atoms with van der Waals surface area (Å²) in [6.07, 6.45) is -1.38. The molecule has 1 atom stereocenters. The quantitative estimate of drug-likeness (QED) is 0.699. The third kappa shape index (κ3) is 2.28. The number of nitrogens with zero attached hydrogens (tertiary/aromatic N) is 3. The highest BCUT2D eigenvalue weighted by molar-refractivity contribution is 7.80. The number of amides is 1. The average molecular weight is 334 g/mol. The molecule has 0 aliphatic carbocycles. The number of carboxylic acid groups (broad SMARTS) is 2. The Kier molecular flexibility index (Phi) is 3.45. The van der Waals surface area contributed by atoms with E-state index in [0.29, 0.717) is 11.1 Å². The minimum absolute atomic E-state index is 0.113. The molecule has 23 heavy (non-hydrogen) atoms. The first-order valence-electron chi connectivity index (χ1n) is 6.40. The van der Waals surface area contributed by atoms with Gasteiger partial charge in [-0.25, -0.2) is 19.1 Å². The Morgan fingerprint density at radius 1 is 1.35 bits per heavy atom. The third-order valence-electron chi connectivity index (χ3n) is 3.50. The molecule has 0 spiro atoms. The van der Waals surface area contributed by atoms with Crippen LogP contribution in [0.5, 0.6) is 0 Å². The second-order valence-electron chi connectivity index (χ2n) is 4.81. The predicted molar refractivity (Wildman–Crippen MR) is 80.5 cm³/mol. The molecule has 1 aromatic heterocycles. The van der Waals surface area contributed by atoms with Crippen LogP contribution in [0, 0.1) is 0 Å². The minimum Gasteiger partial charge on any atom is -0.478 e. The molecule has 2 heterocycles. The van der Waals surface area contributed by atoms with Crippen molar-refractivity contribution in [2.75, 3.05) is 0 Å². The molecular weight excluding hydrogens is 324 g/mol. The summed E-state index contributed by atoms with van der Waals surface area (Å²) in [6.45, 7) is 1.52. The molecule has 0 saturated heterocycles. The number of benzene rings is 1. The van der Waals surface area contributed by atoms with E-state index in [2.05, 4.69) is 20.3 Å². The second kappa shape index (κ2) is 5.32. The summed E-state index contributed by atoms with van der Waals surface area (Å²) >= 11 is 5.05. The van der Waals surface area contributed by atoms with E-state index in [-0.39, 0.29) is 21.9 Å². The van der Waals surface area contributed by atoms with Crippen LogP contribution in [-0.4, -0.2) is 42.6 Å². The third-order valence-corrected chi connectivity index (χ3v) is 3.80.